The van der Waals surface area contributed by atoms with Crippen LogP contribution in [0.5, 0.6) is 11.5 Å². The van der Waals surface area contributed by atoms with Gasteiger partial charge in [-0.1, -0.05) is 17.3 Å². The van der Waals surface area contributed by atoms with Gasteiger partial charge in [0.2, 0.25) is 5.82 Å². The van der Waals surface area contributed by atoms with Gasteiger partial charge in [0, 0.05) is 12.0 Å². The van der Waals surface area contributed by atoms with E-state index in [0.29, 0.717) is 40.8 Å². The van der Waals surface area contributed by atoms with Crippen LogP contribution in [-0.4, -0.2) is 35.3 Å². The van der Waals surface area contributed by atoms with E-state index in [4.69, 9.17) is 23.2 Å². The van der Waals surface area contributed by atoms with E-state index in [1.165, 1.54) is 0 Å². The predicted molar refractivity (Wildman–Crippen MR) is 105 cm³/mol. The lowest BCUT2D eigenvalue weighted by Gasteiger charge is -2.07. The lowest BCUT2D eigenvalue weighted by molar-refractivity contribution is -0.145. The SMILES string of the molecule is COc1ccc(-c2noc(COC(=O)CCc3nc4ccccc4o3)n2)cc1OC. The van der Waals surface area contributed by atoms with Gasteiger partial charge in [-0.15, -0.1) is 0 Å². The fourth-order valence-corrected chi connectivity index (χ4v) is 2.86. The van der Waals surface area contributed by atoms with Crippen molar-refractivity contribution >= 4 is 17.1 Å². The Bertz CT molecular complexity index is 1130. The summed E-state index contributed by atoms with van der Waals surface area (Å²) in [6, 6.07) is 12.7. The molecule has 0 bridgehead atoms. The molecule has 2 heterocycles. The molecule has 154 valence electrons. The van der Waals surface area contributed by atoms with Crippen molar-refractivity contribution in [3.63, 3.8) is 0 Å². The highest BCUT2D eigenvalue weighted by molar-refractivity contribution is 5.72. The second-order valence-corrected chi connectivity index (χ2v) is 6.32. The first-order valence-corrected chi connectivity index (χ1v) is 9.21. The van der Waals surface area contributed by atoms with Crippen molar-refractivity contribution < 1.29 is 27.9 Å². The number of nitrogens with zero attached hydrogens (tertiary/aromatic N) is 3. The Morgan fingerprint density at radius 2 is 1.83 bits per heavy atom. The van der Waals surface area contributed by atoms with Gasteiger partial charge in [0.1, 0.15) is 5.52 Å². The molecule has 0 aliphatic rings. The van der Waals surface area contributed by atoms with Crippen molar-refractivity contribution in [3.8, 4) is 22.9 Å². The summed E-state index contributed by atoms with van der Waals surface area (Å²) in [5, 5.41) is 3.91. The van der Waals surface area contributed by atoms with E-state index in [-0.39, 0.29) is 18.9 Å². The number of aromatic nitrogens is 3. The summed E-state index contributed by atoms with van der Waals surface area (Å²) in [5.41, 5.74) is 2.13. The van der Waals surface area contributed by atoms with Gasteiger partial charge < -0.3 is 23.2 Å². The highest BCUT2D eigenvalue weighted by atomic mass is 16.6. The molecule has 4 aromatic rings. The minimum Gasteiger partial charge on any atom is -0.493 e. The van der Waals surface area contributed by atoms with Gasteiger partial charge in [0.15, 0.2) is 29.6 Å². The van der Waals surface area contributed by atoms with Crippen LogP contribution in [0.1, 0.15) is 18.2 Å². The zero-order chi connectivity index (χ0) is 20.9. The van der Waals surface area contributed by atoms with E-state index >= 15 is 0 Å². The van der Waals surface area contributed by atoms with E-state index in [2.05, 4.69) is 15.1 Å². The quantitative estimate of drug-likeness (QED) is 0.403. The van der Waals surface area contributed by atoms with Crippen molar-refractivity contribution in [1.82, 2.24) is 15.1 Å². The number of aryl methyl sites for hydroxylation is 1. The van der Waals surface area contributed by atoms with Crippen LogP contribution < -0.4 is 9.47 Å². The number of ether oxygens (including phenoxy) is 3. The van der Waals surface area contributed by atoms with Crippen LogP contribution in [0.15, 0.2) is 51.4 Å². The standard InChI is InChI=1S/C21H19N3O6/c1-26-16-8-7-13(11-17(16)27-2)21-23-19(30-24-21)12-28-20(25)10-9-18-22-14-5-3-4-6-15(14)29-18/h3-8,11H,9-10,12H2,1-2H3. The summed E-state index contributed by atoms with van der Waals surface area (Å²) in [6.07, 6.45) is 0.470. The van der Waals surface area contributed by atoms with Crippen LogP contribution in [0, 0.1) is 0 Å². The van der Waals surface area contributed by atoms with Gasteiger partial charge >= 0.3 is 5.97 Å². The van der Waals surface area contributed by atoms with Crippen molar-refractivity contribution in [2.45, 2.75) is 19.4 Å². The first-order valence-electron chi connectivity index (χ1n) is 9.21. The van der Waals surface area contributed by atoms with Gasteiger partial charge in [-0.3, -0.25) is 4.79 Å². The van der Waals surface area contributed by atoms with E-state index in [1.807, 2.05) is 24.3 Å². The first kappa shape index (κ1) is 19.4. The third-order valence-electron chi connectivity index (χ3n) is 4.35. The Labute approximate surface area is 171 Å². The molecule has 0 aliphatic carbocycles. The maximum Gasteiger partial charge on any atom is 0.306 e. The van der Waals surface area contributed by atoms with Crippen molar-refractivity contribution in [3.05, 3.63) is 54.2 Å². The van der Waals surface area contributed by atoms with Gasteiger partial charge in [-0.2, -0.15) is 4.98 Å². The van der Waals surface area contributed by atoms with Gasteiger partial charge in [0.25, 0.3) is 5.89 Å². The summed E-state index contributed by atoms with van der Waals surface area (Å²) in [7, 11) is 3.10. The van der Waals surface area contributed by atoms with Crippen molar-refractivity contribution in [2.24, 2.45) is 0 Å². The molecule has 0 saturated heterocycles. The van der Waals surface area contributed by atoms with Crippen molar-refractivity contribution in [2.75, 3.05) is 14.2 Å². The van der Waals surface area contributed by atoms with E-state index < -0.39 is 5.97 Å². The molecule has 0 unspecified atom stereocenters. The van der Waals surface area contributed by atoms with Crippen molar-refractivity contribution in [1.29, 1.82) is 0 Å². The molecule has 30 heavy (non-hydrogen) atoms. The number of rotatable bonds is 8. The number of methoxy groups -OCH3 is 2. The minimum atomic E-state index is -0.414. The molecular formula is C21H19N3O6. The molecule has 9 heteroatoms. The van der Waals surface area contributed by atoms with Crippen LogP contribution in [0.4, 0.5) is 0 Å². The number of fused-ring (bicyclic) bond motifs is 1. The Hall–Kier alpha value is -3.88. The maximum atomic E-state index is 12.0. The zero-order valence-corrected chi connectivity index (χ0v) is 16.5. The van der Waals surface area contributed by atoms with Crippen LogP contribution >= 0.6 is 0 Å². The highest BCUT2D eigenvalue weighted by Crippen LogP contribution is 2.31. The van der Waals surface area contributed by atoms with Gasteiger partial charge in [0.05, 0.1) is 20.6 Å². The molecule has 0 fully saturated rings. The third-order valence-corrected chi connectivity index (χ3v) is 4.35. The lowest BCUT2D eigenvalue weighted by Crippen LogP contribution is -2.06. The molecule has 2 aromatic carbocycles. The third kappa shape index (κ3) is 4.24. The Balaban J connectivity index is 1.32. The molecule has 0 N–H and O–H groups in total. The Kier molecular flexibility index (Phi) is 5.60. The molecular weight excluding hydrogens is 390 g/mol. The number of benzene rings is 2. The normalized spacial score (nSPS) is 10.9. The molecule has 0 amide bonds. The fourth-order valence-electron chi connectivity index (χ4n) is 2.86. The number of hydrogen-bond acceptors (Lipinski definition) is 9. The largest absolute Gasteiger partial charge is 0.493 e. The second-order valence-electron chi connectivity index (χ2n) is 6.32. The first-order chi connectivity index (χ1) is 14.7. The molecule has 0 aliphatic heterocycles. The monoisotopic (exact) mass is 409 g/mol. The molecule has 0 atom stereocenters. The highest BCUT2D eigenvalue weighted by Gasteiger charge is 2.14. The number of oxazole rings is 1. The van der Waals surface area contributed by atoms with E-state index in [9.17, 15) is 4.79 Å². The number of carbonyl (C=O) groups is 1. The van der Waals surface area contributed by atoms with Crippen LogP contribution in [0.2, 0.25) is 0 Å². The minimum absolute atomic E-state index is 0.118. The molecule has 0 saturated carbocycles. The molecule has 4 rings (SSSR count). The summed E-state index contributed by atoms with van der Waals surface area (Å²) >= 11 is 0. The number of hydrogen-bond donors (Lipinski definition) is 0. The smallest absolute Gasteiger partial charge is 0.306 e. The molecule has 0 radical (unpaired) electrons. The maximum absolute atomic E-state index is 12.0. The van der Waals surface area contributed by atoms with Gasteiger partial charge in [-0.05, 0) is 30.3 Å². The molecule has 2 aromatic heterocycles. The number of carbonyl (C=O) groups excluding carboxylic acids is 1. The summed E-state index contributed by atoms with van der Waals surface area (Å²) in [6.45, 7) is -0.118. The predicted octanol–water partition coefficient (Wildman–Crippen LogP) is 3.57. The van der Waals surface area contributed by atoms with Crippen LogP contribution in [-0.2, 0) is 22.6 Å². The molecule has 0 spiro atoms. The summed E-state index contributed by atoms with van der Waals surface area (Å²) < 4.78 is 26.4. The summed E-state index contributed by atoms with van der Waals surface area (Å²) in [4.78, 5) is 20.6. The second kappa shape index (κ2) is 8.64. The molecule has 9 nitrogen and oxygen atoms in total. The average molecular weight is 409 g/mol. The Morgan fingerprint density at radius 3 is 2.63 bits per heavy atom. The van der Waals surface area contributed by atoms with E-state index in [1.54, 1.807) is 32.4 Å². The topological polar surface area (TPSA) is 110 Å². The number of esters is 1. The van der Waals surface area contributed by atoms with Gasteiger partial charge in [-0.25, -0.2) is 4.98 Å². The number of para-hydroxylation sites is 2. The average Bonchev–Trinajstić information content (AvgIpc) is 3.42. The van der Waals surface area contributed by atoms with Crippen LogP contribution in [0.25, 0.3) is 22.5 Å². The fraction of sp³-hybridized carbons (Fsp3) is 0.238. The lowest BCUT2D eigenvalue weighted by atomic mass is 10.2. The Morgan fingerprint density at radius 1 is 1.00 bits per heavy atom. The van der Waals surface area contributed by atoms with Crippen LogP contribution in [0.3, 0.4) is 0 Å². The zero-order valence-electron chi connectivity index (χ0n) is 16.5. The summed E-state index contributed by atoms with van der Waals surface area (Å²) in [5.74, 6) is 1.76. The van der Waals surface area contributed by atoms with E-state index in [0.717, 1.165) is 5.52 Å².